The maximum absolute atomic E-state index is 12.1. The molecule has 0 bridgehead atoms. The third kappa shape index (κ3) is 4.57. The molecule has 98 valence electrons. The van der Waals surface area contributed by atoms with Gasteiger partial charge in [0.05, 0.1) is 10.2 Å². The van der Waals surface area contributed by atoms with Gasteiger partial charge >= 0.3 is 0 Å². The Labute approximate surface area is 117 Å². The lowest BCUT2D eigenvalue weighted by Gasteiger charge is -2.11. The number of ether oxygens (including phenoxy) is 1. The van der Waals surface area contributed by atoms with E-state index < -0.39 is 13.0 Å². The van der Waals surface area contributed by atoms with Gasteiger partial charge in [-0.1, -0.05) is 6.07 Å². The van der Waals surface area contributed by atoms with Crippen molar-refractivity contribution < 1.29 is 13.5 Å². The molecule has 0 radical (unpaired) electrons. The second kappa shape index (κ2) is 7.34. The van der Waals surface area contributed by atoms with Gasteiger partial charge < -0.3 is 10.1 Å². The van der Waals surface area contributed by atoms with Gasteiger partial charge in [0.2, 0.25) is 0 Å². The minimum atomic E-state index is -2.56. The molecule has 19 heavy (non-hydrogen) atoms. The molecule has 1 rings (SSSR count). The van der Waals surface area contributed by atoms with E-state index in [0.29, 0.717) is 10.2 Å². The number of nitrogens with zero attached hydrogens (tertiary/aromatic N) is 2. The molecule has 0 saturated heterocycles. The van der Waals surface area contributed by atoms with E-state index in [2.05, 4.69) is 21.2 Å². The number of allylic oxidation sites excluding steroid dienone is 1. The summed E-state index contributed by atoms with van der Waals surface area (Å²) in [6, 6.07) is 8.14. The summed E-state index contributed by atoms with van der Waals surface area (Å²) in [5.74, 6) is 0.245. The molecule has 0 saturated carbocycles. The van der Waals surface area contributed by atoms with Gasteiger partial charge in [-0.15, -0.1) is 0 Å². The number of anilines is 1. The summed E-state index contributed by atoms with van der Waals surface area (Å²) in [6.45, 7) is -0.709. The third-order valence-electron chi connectivity index (χ3n) is 1.94. The maximum atomic E-state index is 12.1. The van der Waals surface area contributed by atoms with E-state index >= 15 is 0 Å². The SMILES string of the molecule is N#CC(C#N)=CNc1cccc(OCC(F)F)c1Br. The second-order valence-electron chi connectivity index (χ2n) is 3.25. The number of hydrogen-bond acceptors (Lipinski definition) is 4. The molecule has 1 aromatic rings. The third-order valence-corrected chi connectivity index (χ3v) is 2.76. The van der Waals surface area contributed by atoms with Crippen LogP contribution in [0.3, 0.4) is 0 Å². The summed E-state index contributed by atoms with van der Waals surface area (Å²) in [4.78, 5) is 0. The van der Waals surface area contributed by atoms with Gasteiger partial charge in [-0.3, -0.25) is 0 Å². The number of benzene rings is 1. The Morgan fingerprint density at radius 1 is 1.42 bits per heavy atom. The van der Waals surface area contributed by atoms with Gasteiger partial charge in [-0.05, 0) is 28.1 Å². The smallest absolute Gasteiger partial charge is 0.272 e. The van der Waals surface area contributed by atoms with Gasteiger partial charge in [0.25, 0.3) is 6.43 Å². The summed E-state index contributed by atoms with van der Waals surface area (Å²) < 4.78 is 29.5. The van der Waals surface area contributed by atoms with Crippen LogP contribution in [0.4, 0.5) is 14.5 Å². The largest absolute Gasteiger partial charge is 0.486 e. The minimum absolute atomic E-state index is 0.106. The molecule has 0 amide bonds. The van der Waals surface area contributed by atoms with Gasteiger partial charge in [-0.2, -0.15) is 10.5 Å². The zero-order valence-electron chi connectivity index (χ0n) is 9.53. The molecule has 0 aliphatic heterocycles. The molecule has 7 heteroatoms. The van der Waals surface area contributed by atoms with Crippen molar-refractivity contribution >= 4 is 21.6 Å². The van der Waals surface area contributed by atoms with Gasteiger partial charge in [-0.25, -0.2) is 8.78 Å². The van der Waals surface area contributed by atoms with Crippen molar-refractivity contribution in [1.29, 1.82) is 10.5 Å². The van der Waals surface area contributed by atoms with Crippen LogP contribution in [0.1, 0.15) is 0 Å². The highest BCUT2D eigenvalue weighted by molar-refractivity contribution is 9.10. The van der Waals surface area contributed by atoms with Crippen LogP contribution in [0.2, 0.25) is 0 Å². The molecule has 4 nitrogen and oxygen atoms in total. The summed E-state index contributed by atoms with van der Waals surface area (Å²) in [5, 5.41) is 19.9. The molecular formula is C12H8BrF2N3O. The molecule has 0 heterocycles. The average Bonchev–Trinajstić information content (AvgIpc) is 2.40. The first-order chi connectivity index (χ1) is 9.08. The lowest BCUT2D eigenvalue weighted by atomic mass is 10.3. The number of alkyl halides is 2. The van der Waals surface area contributed by atoms with Gasteiger partial charge in [0, 0.05) is 6.20 Å². The molecule has 0 fully saturated rings. The fraction of sp³-hybridized carbons (Fsp3) is 0.167. The van der Waals surface area contributed by atoms with Crippen molar-refractivity contribution in [3.63, 3.8) is 0 Å². The van der Waals surface area contributed by atoms with E-state index in [-0.39, 0.29) is 11.3 Å². The monoisotopic (exact) mass is 327 g/mol. The molecule has 0 unspecified atom stereocenters. The van der Waals surface area contributed by atoms with Gasteiger partial charge in [0.1, 0.15) is 30.1 Å². The molecule has 0 aliphatic carbocycles. The molecule has 0 aromatic heterocycles. The minimum Gasteiger partial charge on any atom is -0.486 e. The second-order valence-corrected chi connectivity index (χ2v) is 4.04. The van der Waals surface area contributed by atoms with E-state index in [1.165, 1.54) is 12.3 Å². The van der Waals surface area contributed by atoms with Crippen molar-refractivity contribution in [1.82, 2.24) is 0 Å². The highest BCUT2D eigenvalue weighted by Gasteiger charge is 2.09. The Morgan fingerprint density at radius 2 is 2.11 bits per heavy atom. The van der Waals surface area contributed by atoms with Crippen LogP contribution >= 0.6 is 15.9 Å². The van der Waals surface area contributed by atoms with Crippen LogP contribution < -0.4 is 10.1 Å². The Morgan fingerprint density at radius 3 is 2.68 bits per heavy atom. The topological polar surface area (TPSA) is 68.8 Å². The predicted octanol–water partition coefficient (Wildman–Crippen LogP) is 3.44. The van der Waals surface area contributed by atoms with Crippen LogP contribution in [0.25, 0.3) is 0 Å². The zero-order valence-corrected chi connectivity index (χ0v) is 11.1. The Balaban J connectivity index is 2.87. The number of nitrogens with one attached hydrogen (secondary N) is 1. The Hall–Kier alpha value is -2.12. The normalized spacial score (nSPS) is 9.37. The van der Waals surface area contributed by atoms with Crippen LogP contribution in [0.5, 0.6) is 5.75 Å². The highest BCUT2D eigenvalue weighted by atomic mass is 79.9. The number of halogens is 3. The van der Waals surface area contributed by atoms with Crippen LogP contribution in [0.15, 0.2) is 34.4 Å². The number of nitriles is 2. The lowest BCUT2D eigenvalue weighted by molar-refractivity contribution is 0.0816. The summed E-state index contributed by atoms with van der Waals surface area (Å²) in [5.41, 5.74) is 0.389. The fourth-order valence-electron chi connectivity index (χ4n) is 1.13. The van der Waals surface area contributed by atoms with Crippen molar-refractivity contribution in [2.75, 3.05) is 11.9 Å². The van der Waals surface area contributed by atoms with Crippen molar-refractivity contribution in [2.45, 2.75) is 6.43 Å². The maximum Gasteiger partial charge on any atom is 0.272 e. The first-order valence-corrected chi connectivity index (χ1v) is 5.84. The number of rotatable bonds is 5. The summed E-state index contributed by atoms with van der Waals surface area (Å²) in [6.07, 6.45) is -1.34. The van der Waals surface area contributed by atoms with Crippen molar-refractivity contribution in [3.8, 4) is 17.9 Å². The number of hydrogen-bond donors (Lipinski definition) is 1. The Bertz CT molecular complexity index is 545. The molecule has 1 N–H and O–H groups in total. The van der Waals surface area contributed by atoms with Crippen LogP contribution in [-0.4, -0.2) is 13.0 Å². The van der Waals surface area contributed by atoms with E-state index in [9.17, 15) is 8.78 Å². The zero-order chi connectivity index (χ0) is 14.3. The van der Waals surface area contributed by atoms with Crippen LogP contribution in [0, 0.1) is 22.7 Å². The molecule has 0 spiro atoms. The molecule has 0 atom stereocenters. The van der Waals surface area contributed by atoms with E-state index in [1.807, 2.05) is 0 Å². The first-order valence-electron chi connectivity index (χ1n) is 5.05. The Kier molecular flexibility index (Phi) is 5.77. The van der Waals surface area contributed by atoms with Gasteiger partial charge in [0.15, 0.2) is 0 Å². The summed E-state index contributed by atoms with van der Waals surface area (Å²) in [7, 11) is 0. The van der Waals surface area contributed by atoms with E-state index in [1.54, 1.807) is 24.3 Å². The van der Waals surface area contributed by atoms with Crippen molar-refractivity contribution in [3.05, 3.63) is 34.4 Å². The highest BCUT2D eigenvalue weighted by Crippen LogP contribution is 2.32. The first kappa shape index (κ1) is 14.9. The molecular weight excluding hydrogens is 320 g/mol. The van der Waals surface area contributed by atoms with E-state index in [4.69, 9.17) is 15.3 Å². The standard InChI is InChI=1S/C12H8BrF2N3O/c13-12-9(18-6-8(4-16)5-17)2-1-3-10(12)19-7-11(14)15/h1-3,6,11,18H,7H2. The lowest BCUT2D eigenvalue weighted by Crippen LogP contribution is -2.07. The summed E-state index contributed by atoms with van der Waals surface area (Å²) >= 11 is 3.20. The van der Waals surface area contributed by atoms with Crippen molar-refractivity contribution in [2.24, 2.45) is 0 Å². The van der Waals surface area contributed by atoms with E-state index in [0.717, 1.165) is 0 Å². The molecule has 0 aliphatic rings. The fourth-order valence-corrected chi connectivity index (χ4v) is 1.62. The predicted molar refractivity (Wildman–Crippen MR) is 68.6 cm³/mol. The quantitative estimate of drug-likeness (QED) is 0.841. The van der Waals surface area contributed by atoms with Crippen LogP contribution in [-0.2, 0) is 0 Å². The average molecular weight is 328 g/mol. The molecule has 1 aromatic carbocycles.